The molecule has 2 aromatic carbocycles. The van der Waals surface area contributed by atoms with Gasteiger partial charge in [-0.1, -0.05) is 30.7 Å². The highest BCUT2D eigenvalue weighted by Gasteiger charge is 2.45. The Morgan fingerprint density at radius 3 is 2.41 bits per heavy atom. The molecule has 0 amide bonds. The summed E-state index contributed by atoms with van der Waals surface area (Å²) in [6, 6.07) is 12.8. The molecule has 0 bridgehead atoms. The first-order chi connectivity index (χ1) is 13.9. The monoisotopic (exact) mass is 435 g/mol. The van der Waals surface area contributed by atoms with Gasteiger partial charge in [-0.3, -0.25) is 4.90 Å². The maximum atomic E-state index is 13.2. The molecular formula is C21H25NO5S2. The molecule has 2 aliphatic rings. The van der Waals surface area contributed by atoms with Crippen LogP contribution < -0.4 is 4.74 Å². The Bertz CT molecular complexity index is 1080. The molecule has 29 heavy (non-hydrogen) atoms. The second kappa shape index (κ2) is 8.08. The van der Waals surface area contributed by atoms with Crippen LogP contribution in [0.2, 0.25) is 0 Å². The van der Waals surface area contributed by atoms with Crippen molar-refractivity contribution in [3.8, 4) is 5.75 Å². The standard InChI is InChI=1S/C21H25NO5S2/c23-28(24)16-20(29(25,26)17-8-3-1-4-9-17)21-18(10-7-11-19(21)28)27-15-14-22-12-5-2-6-13-22/h1,3-4,7-11,20H,2,5-6,12-16H2. The van der Waals surface area contributed by atoms with E-state index in [0.717, 1.165) is 19.6 Å². The van der Waals surface area contributed by atoms with E-state index >= 15 is 0 Å². The number of sulfone groups is 2. The molecule has 2 aromatic rings. The Kier molecular flexibility index (Phi) is 5.68. The molecule has 2 heterocycles. The fraction of sp³-hybridized carbons (Fsp3) is 0.429. The van der Waals surface area contributed by atoms with Crippen LogP contribution in [0.5, 0.6) is 5.75 Å². The van der Waals surface area contributed by atoms with Crippen LogP contribution in [0.3, 0.4) is 0 Å². The number of ether oxygens (including phenoxy) is 1. The number of hydrogen-bond acceptors (Lipinski definition) is 6. The zero-order valence-corrected chi connectivity index (χ0v) is 17.8. The van der Waals surface area contributed by atoms with Gasteiger partial charge in [0.25, 0.3) is 0 Å². The topological polar surface area (TPSA) is 80.8 Å². The van der Waals surface area contributed by atoms with Crippen molar-refractivity contribution in [1.82, 2.24) is 4.90 Å². The molecule has 156 valence electrons. The number of rotatable bonds is 6. The second-order valence-electron chi connectivity index (χ2n) is 7.55. The molecule has 0 aliphatic carbocycles. The van der Waals surface area contributed by atoms with Crippen molar-refractivity contribution in [3.63, 3.8) is 0 Å². The van der Waals surface area contributed by atoms with E-state index in [2.05, 4.69) is 4.90 Å². The number of benzene rings is 2. The van der Waals surface area contributed by atoms with Gasteiger partial charge in [-0.25, -0.2) is 16.8 Å². The van der Waals surface area contributed by atoms with E-state index in [-0.39, 0.29) is 15.4 Å². The van der Waals surface area contributed by atoms with Gasteiger partial charge >= 0.3 is 0 Å². The average Bonchev–Trinajstić information content (AvgIpc) is 3.02. The molecule has 0 aromatic heterocycles. The molecule has 4 rings (SSSR count). The SMILES string of the molecule is O=S1(=O)CC(S(=O)(=O)c2ccccc2)c2c(OCCN3CCCCC3)cccc21. The van der Waals surface area contributed by atoms with Crippen molar-refractivity contribution >= 4 is 19.7 Å². The summed E-state index contributed by atoms with van der Waals surface area (Å²) in [4.78, 5) is 2.51. The fourth-order valence-electron chi connectivity index (χ4n) is 4.10. The van der Waals surface area contributed by atoms with Crippen molar-refractivity contribution in [3.05, 3.63) is 54.1 Å². The molecule has 8 heteroatoms. The molecule has 1 unspecified atom stereocenters. The summed E-state index contributed by atoms with van der Waals surface area (Å²) in [7, 11) is -7.54. The Morgan fingerprint density at radius 2 is 1.69 bits per heavy atom. The van der Waals surface area contributed by atoms with Crippen LogP contribution in [0.1, 0.15) is 30.1 Å². The van der Waals surface area contributed by atoms with Crippen LogP contribution in [-0.2, 0) is 19.7 Å². The number of piperidine rings is 1. The fourth-order valence-corrected chi connectivity index (χ4v) is 8.45. The highest BCUT2D eigenvalue weighted by molar-refractivity contribution is 7.96. The lowest BCUT2D eigenvalue weighted by Crippen LogP contribution is -2.33. The summed E-state index contributed by atoms with van der Waals surface area (Å²) < 4.78 is 57.8. The molecule has 2 aliphatic heterocycles. The highest BCUT2D eigenvalue weighted by atomic mass is 32.2. The Balaban J connectivity index is 1.64. The van der Waals surface area contributed by atoms with Gasteiger partial charge in [0.05, 0.1) is 15.5 Å². The van der Waals surface area contributed by atoms with Gasteiger partial charge in [0, 0.05) is 12.1 Å². The minimum atomic E-state index is -3.86. The van der Waals surface area contributed by atoms with Crippen molar-refractivity contribution in [2.75, 3.05) is 32.0 Å². The van der Waals surface area contributed by atoms with Crippen molar-refractivity contribution in [2.45, 2.75) is 34.3 Å². The molecule has 1 saturated heterocycles. The van der Waals surface area contributed by atoms with Crippen LogP contribution in [0.15, 0.2) is 58.3 Å². The van der Waals surface area contributed by atoms with E-state index in [1.807, 2.05) is 0 Å². The summed E-state index contributed by atoms with van der Waals surface area (Å²) in [6.07, 6.45) is 3.60. The first kappa shape index (κ1) is 20.4. The van der Waals surface area contributed by atoms with Gasteiger partial charge in [0.15, 0.2) is 19.7 Å². The van der Waals surface area contributed by atoms with Crippen molar-refractivity contribution in [2.24, 2.45) is 0 Å². The third-order valence-electron chi connectivity index (χ3n) is 5.61. The summed E-state index contributed by atoms with van der Waals surface area (Å²) in [5, 5.41) is -1.16. The van der Waals surface area contributed by atoms with Crippen LogP contribution >= 0.6 is 0 Å². The molecule has 0 spiro atoms. The maximum absolute atomic E-state index is 13.2. The molecule has 1 fully saturated rings. The molecule has 1 atom stereocenters. The minimum absolute atomic E-state index is 0.0671. The first-order valence-electron chi connectivity index (χ1n) is 9.89. The molecule has 0 N–H and O–H groups in total. The molecule has 0 radical (unpaired) electrons. The molecule has 6 nitrogen and oxygen atoms in total. The number of likely N-dealkylation sites (tertiary alicyclic amines) is 1. The lowest BCUT2D eigenvalue weighted by molar-refractivity contribution is 0.182. The van der Waals surface area contributed by atoms with Crippen LogP contribution in [-0.4, -0.2) is 53.7 Å². The van der Waals surface area contributed by atoms with Crippen LogP contribution in [0, 0.1) is 0 Å². The number of hydrogen-bond donors (Lipinski definition) is 0. The molecular weight excluding hydrogens is 410 g/mol. The Morgan fingerprint density at radius 1 is 0.966 bits per heavy atom. The zero-order valence-electron chi connectivity index (χ0n) is 16.2. The Labute approximate surface area is 172 Å². The summed E-state index contributed by atoms with van der Waals surface area (Å²) in [5.41, 5.74) is 0.273. The van der Waals surface area contributed by atoms with E-state index in [4.69, 9.17) is 4.74 Å². The van der Waals surface area contributed by atoms with Crippen molar-refractivity contribution in [1.29, 1.82) is 0 Å². The predicted octanol–water partition coefficient (Wildman–Crippen LogP) is 2.85. The van der Waals surface area contributed by atoms with Crippen LogP contribution in [0.25, 0.3) is 0 Å². The number of nitrogens with zero attached hydrogens (tertiary/aromatic N) is 1. The van der Waals surface area contributed by atoms with E-state index in [1.165, 1.54) is 37.5 Å². The Hall–Kier alpha value is -1.90. The van der Waals surface area contributed by atoms with E-state index in [0.29, 0.717) is 12.4 Å². The maximum Gasteiger partial charge on any atom is 0.186 e. The quantitative estimate of drug-likeness (QED) is 0.694. The van der Waals surface area contributed by atoms with Crippen molar-refractivity contribution < 1.29 is 21.6 Å². The van der Waals surface area contributed by atoms with Gasteiger partial charge in [0.1, 0.15) is 17.6 Å². The second-order valence-corrected chi connectivity index (χ2v) is 11.7. The third-order valence-corrected chi connectivity index (χ3v) is 9.70. The van der Waals surface area contributed by atoms with Gasteiger partial charge in [0.2, 0.25) is 0 Å². The third kappa shape index (κ3) is 4.06. The van der Waals surface area contributed by atoms with E-state index < -0.39 is 30.7 Å². The highest BCUT2D eigenvalue weighted by Crippen LogP contribution is 2.45. The summed E-state index contributed by atoms with van der Waals surface area (Å²) in [6.45, 7) is 3.21. The summed E-state index contributed by atoms with van der Waals surface area (Å²) >= 11 is 0. The lowest BCUT2D eigenvalue weighted by Gasteiger charge is -2.26. The first-order valence-corrected chi connectivity index (χ1v) is 13.1. The number of fused-ring (bicyclic) bond motifs is 1. The smallest absolute Gasteiger partial charge is 0.186 e. The lowest BCUT2D eigenvalue weighted by atomic mass is 10.1. The van der Waals surface area contributed by atoms with E-state index in [9.17, 15) is 16.8 Å². The molecule has 0 saturated carbocycles. The minimum Gasteiger partial charge on any atom is -0.492 e. The van der Waals surface area contributed by atoms with Gasteiger partial charge in [-0.05, 0) is 50.2 Å². The van der Waals surface area contributed by atoms with Gasteiger partial charge < -0.3 is 4.74 Å². The predicted molar refractivity (Wildman–Crippen MR) is 111 cm³/mol. The van der Waals surface area contributed by atoms with Gasteiger partial charge in [-0.15, -0.1) is 0 Å². The van der Waals surface area contributed by atoms with Gasteiger partial charge in [-0.2, -0.15) is 0 Å². The normalized spacial score (nSPS) is 21.6. The average molecular weight is 436 g/mol. The van der Waals surface area contributed by atoms with E-state index in [1.54, 1.807) is 30.3 Å². The summed E-state index contributed by atoms with van der Waals surface area (Å²) in [5.74, 6) is -0.100. The largest absolute Gasteiger partial charge is 0.492 e. The van der Waals surface area contributed by atoms with Crippen LogP contribution in [0.4, 0.5) is 0 Å². The zero-order chi connectivity index (χ0) is 20.5.